The number of nitrogens with zero attached hydrogens (tertiary/aromatic N) is 6. The van der Waals surface area contributed by atoms with E-state index in [-0.39, 0.29) is 5.92 Å². The van der Waals surface area contributed by atoms with Crippen LogP contribution in [0.5, 0.6) is 0 Å². The van der Waals surface area contributed by atoms with Crippen LogP contribution >= 0.6 is 11.6 Å². The van der Waals surface area contributed by atoms with Crippen molar-refractivity contribution in [2.75, 3.05) is 44.4 Å². The van der Waals surface area contributed by atoms with Crippen LogP contribution in [-0.4, -0.2) is 69.2 Å². The fourth-order valence-corrected chi connectivity index (χ4v) is 5.16. The van der Waals surface area contributed by atoms with Crippen molar-refractivity contribution in [2.24, 2.45) is 0 Å². The van der Waals surface area contributed by atoms with Crippen LogP contribution in [0.25, 0.3) is 39.0 Å². The number of hydrogen-bond acceptors (Lipinski definition) is 7. The number of aromatic amines is 1. The molecule has 5 heterocycles. The third-order valence-electron chi connectivity index (χ3n) is 6.76. The average Bonchev–Trinajstić information content (AvgIpc) is 3.51. The van der Waals surface area contributed by atoms with E-state index in [1.165, 1.54) is 0 Å². The van der Waals surface area contributed by atoms with Gasteiger partial charge in [-0.05, 0) is 24.3 Å². The molecule has 5 aromatic rings. The first-order valence-electron chi connectivity index (χ1n) is 11.6. The summed E-state index contributed by atoms with van der Waals surface area (Å²) in [6.45, 7) is 4.33. The molecule has 0 radical (unpaired) electrons. The zero-order valence-electron chi connectivity index (χ0n) is 18.8. The van der Waals surface area contributed by atoms with Crippen LogP contribution in [-0.2, 0) is 9.47 Å². The lowest BCUT2D eigenvalue weighted by Crippen LogP contribution is -2.36. The molecule has 2 aliphatic heterocycles. The first kappa shape index (κ1) is 20.8. The van der Waals surface area contributed by atoms with Gasteiger partial charge in [-0.1, -0.05) is 23.7 Å². The number of benzene rings is 2. The Morgan fingerprint density at radius 3 is 2.69 bits per heavy atom. The number of rotatable bonds is 4. The van der Waals surface area contributed by atoms with E-state index >= 15 is 0 Å². The molecule has 35 heavy (non-hydrogen) atoms. The maximum absolute atomic E-state index is 6.52. The predicted molar refractivity (Wildman–Crippen MR) is 133 cm³/mol. The van der Waals surface area contributed by atoms with Gasteiger partial charge in [0.25, 0.3) is 0 Å². The topological polar surface area (TPSA) is 94.0 Å². The molecule has 2 aliphatic rings. The number of ether oxygens (including phenoxy) is 2. The monoisotopic (exact) mass is 487 g/mol. The number of hydrogen-bond donors (Lipinski definition) is 1. The number of nitrogens with one attached hydrogen (secondary N) is 1. The number of imidazole rings is 1. The summed E-state index contributed by atoms with van der Waals surface area (Å²) in [6, 6.07) is 12.3. The Morgan fingerprint density at radius 1 is 1.03 bits per heavy atom. The second kappa shape index (κ2) is 8.30. The molecule has 0 aliphatic carbocycles. The maximum atomic E-state index is 6.52. The lowest BCUT2D eigenvalue weighted by atomic mass is 10.1. The normalized spacial score (nSPS) is 16.8. The van der Waals surface area contributed by atoms with E-state index in [1.807, 2.05) is 18.2 Å². The average molecular weight is 488 g/mol. The molecule has 9 nitrogen and oxygen atoms in total. The van der Waals surface area contributed by atoms with Crippen LogP contribution in [0.4, 0.5) is 5.69 Å². The van der Waals surface area contributed by atoms with Gasteiger partial charge in [-0.15, -0.1) is 10.2 Å². The first-order chi connectivity index (χ1) is 17.3. The highest BCUT2D eigenvalue weighted by molar-refractivity contribution is 6.35. The summed E-state index contributed by atoms with van der Waals surface area (Å²) in [6.07, 6.45) is 3.40. The summed E-state index contributed by atoms with van der Waals surface area (Å²) < 4.78 is 13.4. The molecule has 0 spiro atoms. The first-order valence-corrected chi connectivity index (χ1v) is 12.0. The lowest BCUT2D eigenvalue weighted by Gasteiger charge is -2.29. The fraction of sp³-hybridized carbons (Fsp3) is 0.280. The number of H-pyrrole nitrogens is 1. The minimum Gasteiger partial charge on any atom is -0.380 e. The quantitative estimate of drug-likeness (QED) is 0.410. The molecule has 0 unspecified atom stereocenters. The van der Waals surface area contributed by atoms with Crippen LogP contribution < -0.4 is 4.90 Å². The van der Waals surface area contributed by atoms with Crippen LogP contribution in [0.2, 0.25) is 5.02 Å². The van der Waals surface area contributed by atoms with Crippen LogP contribution in [0.15, 0.2) is 48.9 Å². The van der Waals surface area contributed by atoms with Gasteiger partial charge < -0.3 is 19.4 Å². The van der Waals surface area contributed by atoms with Crippen molar-refractivity contribution in [1.29, 1.82) is 0 Å². The Morgan fingerprint density at radius 2 is 1.91 bits per heavy atom. The molecule has 0 bridgehead atoms. The van der Waals surface area contributed by atoms with Crippen molar-refractivity contribution in [1.82, 2.24) is 29.7 Å². The molecule has 2 saturated heterocycles. The lowest BCUT2D eigenvalue weighted by molar-refractivity contribution is 0.00449. The molecule has 0 saturated carbocycles. The Balaban J connectivity index is 1.56. The van der Waals surface area contributed by atoms with Crippen LogP contribution in [0, 0.1) is 0 Å². The molecule has 7 rings (SSSR count). The summed E-state index contributed by atoms with van der Waals surface area (Å²) in [5.41, 5.74) is 5.63. The molecular formula is C25H22ClN7O2. The van der Waals surface area contributed by atoms with Crippen molar-refractivity contribution in [3.63, 3.8) is 0 Å². The maximum Gasteiger partial charge on any atom is 0.163 e. The van der Waals surface area contributed by atoms with Crippen molar-refractivity contribution >= 4 is 39.2 Å². The van der Waals surface area contributed by atoms with Crippen molar-refractivity contribution in [2.45, 2.75) is 5.92 Å². The van der Waals surface area contributed by atoms with Crippen molar-refractivity contribution in [3.05, 3.63) is 59.8 Å². The van der Waals surface area contributed by atoms with E-state index in [4.69, 9.17) is 26.1 Å². The molecule has 0 atom stereocenters. The molecule has 176 valence electrons. The van der Waals surface area contributed by atoms with E-state index < -0.39 is 0 Å². The van der Waals surface area contributed by atoms with Gasteiger partial charge in [0.15, 0.2) is 5.82 Å². The number of fused-ring (bicyclic) bond motifs is 2. The highest BCUT2D eigenvalue weighted by atomic mass is 35.5. The molecule has 2 aromatic carbocycles. The predicted octanol–water partition coefficient (Wildman–Crippen LogP) is 3.96. The minimum absolute atomic E-state index is 0.194. The van der Waals surface area contributed by atoms with Gasteiger partial charge in [0.1, 0.15) is 17.7 Å². The van der Waals surface area contributed by atoms with Gasteiger partial charge in [-0.3, -0.25) is 9.55 Å². The molecule has 3 aromatic heterocycles. The van der Waals surface area contributed by atoms with Gasteiger partial charge in [0, 0.05) is 35.9 Å². The van der Waals surface area contributed by atoms with E-state index in [0.717, 1.165) is 57.8 Å². The largest absolute Gasteiger partial charge is 0.380 e. The van der Waals surface area contributed by atoms with E-state index in [9.17, 15) is 0 Å². The number of halogens is 1. The smallest absolute Gasteiger partial charge is 0.163 e. The number of aromatic nitrogens is 6. The van der Waals surface area contributed by atoms with Crippen LogP contribution in [0.1, 0.15) is 11.7 Å². The third kappa shape index (κ3) is 3.38. The molecule has 1 N–H and O–H groups in total. The van der Waals surface area contributed by atoms with E-state index in [1.54, 1.807) is 12.5 Å². The summed E-state index contributed by atoms with van der Waals surface area (Å²) in [7, 11) is 0. The van der Waals surface area contributed by atoms with Gasteiger partial charge in [0.2, 0.25) is 0 Å². The summed E-state index contributed by atoms with van der Waals surface area (Å²) in [5.74, 6) is 1.84. The molecular weight excluding hydrogens is 466 g/mol. The van der Waals surface area contributed by atoms with Crippen molar-refractivity contribution in [3.8, 4) is 17.1 Å². The molecule has 0 amide bonds. The summed E-state index contributed by atoms with van der Waals surface area (Å²) >= 11 is 6.52. The van der Waals surface area contributed by atoms with Gasteiger partial charge in [0.05, 0.1) is 54.1 Å². The Labute approximate surface area is 205 Å². The number of para-hydroxylation sites is 1. The number of pyridine rings is 1. The SMILES string of the molecule is Clc1cccc2c(-n3c(C4COC4)nc4c(-c5nnc[nH]5)cc(N5CCOCC5)cc43)ccnc12. The minimum atomic E-state index is 0.194. The standard InChI is InChI=1S/C25H22ClN7O2/c26-19-3-1-2-17-20(4-5-27-22(17)19)33-21-11-16(32-6-8-34-9-7-32)10-18(24-28-14-29-31-24)23(21)30-25(33)15-12-35-13-15/h1-5,10-11,14-15H,6-9,12-13H2,(H,28,29,31). The van der Waals surface area contributed by atoms with Crippen molar-refractivity contribution < 1.29 is 9.47 Å². The van der Waals surface area contributed by atoms with Gasteiger partial charge >= 0.3 is 0 Å². The molecule has 10 heteroatoms. The fourth-order valence-electron chi connectivity index (χ4n) is 4.93. The van der Waals surface area contributed by atoms with E-state index in [0.29, 0.717) is 37.3 Å². The van der Waals surface area contributed by atoms with Crippen LogP contribution in [0.3, 0.4) is 0 Å². The highest BCUT2D eigenvalue weighted by Crippen LogP contribution is 2.39. The summed E-state index contributed by atoms with van der Waals surface area (Å²) in [5, 5.41) is 9.95. The molecule has 2 fully saturated rings. The second-order valence-corrected chi connectivity index (χ2v) is 9.21. The number of anilines is 1. The Hall–Kier alpha value is -3.53. The van der Waals surface area contributed by atoms with Gasteiger partial charge in [-0.25, -0.2) is 4.98 Å². The third-order valence-corrected chi connectivity index (χ3v) is 7.07. The van der Waals surface area contributed by atoms with E-state index in [2.05, 4.69) is 47.8 Å². The van der Waals surface area contributed by atoms with Gasteiger partial charge in [-0.2, -0.15) is 0 Å². The zero-order valence-corrected chi connectivity index (χ0v) is 19.6. The Kier molecular flexibility index (Phi) is 4.93. The second-order valence-electron chi connectivity index (χ2n) is 8.80. The zero-order chi connectivity index (χ0) is 23.4. The highest BCUT2D eigenvalue weighted by Gasteiger charge is 2.30. The Bertz CT molecular complexity index is 1540. The summed E-state index contributed by atoms with van der Waals surface area (Å²) in [4.78, 5) is 15.2. The number of morpholine rings is 1.